The summed E-state index contributed by atoms with van der Waals surface area (Å²) in [4.78, 5) is 4.86. The molecule has 3 rings (SSSR count). The quantitative estimate of drug-likeness (QED) is 0.927. The first-order valence-electron chi connectivity index (χ1n) is 7.69. The number of likely N-dealkylation sites (tertiary alicyclic amines) is 1. The number of fused-ring (bicyclic) bond motifs is 2. The lowest BCUT2D eigenvalue weighted by Crippen LogP contribution is -2.39. The molecule has 0 spiro atoms. The second-order valence-electron chi connectivity index (χ2n) is 6.38. The number of benzene rings is 1. The van der Waals surface area contributed by atoms with E-state index >= 15 is 0 Å². The molecular formula is C16H23F2N3. The molecule has 0 radical (unpaired) electrons. The number of rotatable bonds is 3. The summed E-state index contributed by atoms with van der Waals surface area (Å²) in [6, 6.07) is 4.98. The molecule has 2 heterocycles. The van der Waals surface area contributed by atoms with Crippen molar-refractivity contribution in [2.45, 2.75) is 37.4 Å². The summed E-state index contributed by atoms with van der Waals surface area (Å²) in [7, 11) is 2.21. The second kappa shape index (κ2) is 5.99. The molecule has 2 saturated heterocycles. The topological polar surface area (TPSA) is 32.5 Å². The van der Waals surface area contributed by atoms with Crippen LogP contribution in [0.4, 0.5) is 8.78 Å². The summed E-state index contributed by atoms with van der Waals surface area (Å²) in [5, 5.41) is 0. The van der Waals surface area contributed by atoms with E-state index in [1.54, 1.807) is 6.07 Å². The molecule has 3 unspecified atom stereocenters. The van der Waals surface area contributed by atoms with Gasteiger partial charge in [-0.05, 0) is 50.6 Å². The van der Waals surface area contributed by atoms with Gasteiger partial charge in [0, 0.05) is 31.2 Å². The Kier molecular flexibility index (Phi) is 4.24. The largest absolute Gasteiger partial charge is 0.323 e. The first-order valence-corrected chi connectivity index (χ1v) is 7.69. The summed E-state index contributed by atoms with van der Waals surface area (Å²) in [5.41, 5.74) is 6.85. The highest BCUT2D eigenvalue weighted by Gasteiger charge is 2.34. The molecule has 1 aromatic carbocycles. The Morgan fingerprint density at radius 1 is 1.19 bits per heavy atom. The fourth-order valence-electron chi connectivity index (χ4n) is 3.67. The minimum atomic E-state index is -0.822. The predicted octanol–water partition coefficient (Wildman–Crippen LogP) is 2.13. The maximum absolute atomic E-state index is 13.3. The molecule has 3 atom stereocenters. The number of hydrogen-bond acceptors (Lipinski definition) is 3. The van der Waals surface area contributed by atoms with Gasteiger partial charge in [0.15, 0.2) is 11.6 Å². The zero-order chi connectivity index (χ0) is 15.0. The molecule has 0 aliphatic carbocycles. The molecule has 2 N–H and O–H groups in total. The fourth-order valence-corrected chi connectivity index (χ4v) is 3.67. The van der Waals surface area contributed by atoms with Crippen molar-refractivity contribution in [3.63, 3.8) is 0 Å². The van der Waals surface area contributed by atoms with Crippen molar-refractivity contribution in [2.24, 2.45) is 5.73 Å². The standard InChI is InChI=1S/C16H23F2N3/c1-20-12-3-4-13(20)9-21(7-6-12)10-16(19)11-2-5-14(17)15(18)8-11/h2,5,8,12-13,16H,3-4,6-7,9-10,19H2,1H3. The van der Waals surface area contributed by atoms with E-state index in [-0.39, 0.29) is 6.04 Å². The van der Waals surface area contributed by atoms with Crippen LogP contribution in [0.15, 0.2) is 18.2 Å². The van der Waals surface area contributed by atoms with Crippen LogP contribution >= 0.6 is 0 Å². The average molecular weight is 295 g/mol. The van der Waals surface area contributed by atoms with Crippen molar-refractivity contribution in [1.29, 1.82) is 0 Å². The Balaban J connectivity index is 1.64. The van der Waals surface area contributed by atoms with Crippen molar-refractivity contribution < 1.29 is 8.78 Å². The number of likely N-dealkylation sites (N-methyl/N-ethyl adjacent to an activating group) is 1. The highest BCUT2D eigenvalue weighted by Crippen LogP contribution is 2.29. The third-order valence-corrected chi connectivity index (χ3v) is 5.06. The molecule has 0 amide bonds. The van der Waals surface area contributed by atoms with Crippen LogP contribution in [0.5, 0.6) is 0 Å². The van der Waals surface area contributed by atoms with E-state index in [1.165, 1.54) is 18.9 Å². The summed E-state index contributed by atoms with van der Waals surface area (Å²) >= 11 is 0. The smallest absolute Gasteiger partial charge is 0.159 e. The zero-order valence-corrected chi connectivity index (χ0v) is 12.4. The Hall–Kier alpha value is -1.04. The number of nitrogens with zero attached hydrogens (tertiary/aromatic N) is 2. The minimum Gasteiger partial charge on any atom is -0.323 e. The lowest BCUT2D eigenvalue weighted by atomic mass is 10.0. The van der Waals surface area contributed by atoms with Gasteiger partial charge in [-0.15, -0.1) is 0 Å². The van der Waals surface area contributed by atoms with E-state index in [0.717, 1.165) is 25.6 Å². The Morgan fingerprint density at radius 2 is 1.95 bits per heavy atom. The van der Waals surface area contributed by atoms with Gasteiger partial charge in [-0.1, -0.05) is 6.07 Å². The van der Waals surface area contributed by atoms with Gasteiger partial charge < -0.3 is 5.73 Å². The maximum atomic E-state index is 13.3. The normalized spacial score (nSPS) is 28.6. The Labute approximate surface area is 124 Å². The number of halogens is 2. The van der Waals surface area contributed by atoms with E-state index in [4.69, 9.17) is 5.73 Å². The summed E-state index contributed by atoms with van der Waals surface area (Å²) < 4.78 is 26.3. The molecule has 0 saturated carbocycles. The Bertz CT molecular complexity index is 508. The Morgan fingerprint density at radius 3 is 2.71 bits per heavy atom. The molecular weight excluding hydrogens is 272 g/mol. The van der Waals surface area contributed by atoms with E-state index in [1.807, 2.05) is 0 Å². The zero-order valence-electron chi connectivity index (χ0n) is 12.4. The van der Waals surface area contributed by atoms with Crippen LogP contribution < -0.4 is 5.73 Å². The highest BCUT2D eigenvalue weighted by atomic mass is 19.2. The molecule has 3 nitrogen and oxygen atoms in total. The van der Waals surface area contributed by atoms with Crippen LogP contribution in [-0.4, -0.2) is 48.6 Å². The maximum Gasteiger partial charge on any atom is 0.159 e. The SMILES string of the molecule is CN1C2CCC1CN(CC(N)c1ccc(F)c(F)c1)CC2. The minimum absolute atomic E-state index is 0.276. The lowest BCUT2D eigenvalue weighted by Gasteiger charge is -2.28. The first-order chi connectivity index (χ1) is 10.0. The van der Waals surface area contributed by atoms with E-state index in [0.29, 0.717) is 24.2 Å². The molecule has 2 aliphatic rings. The molecule has 5 heteroatoms. The van der Waals surface area contributed by atoms with Crippen molar-refractivity contribution in [1.82, 2.24) is 9.80 Å². The number of nitrogens with two attached hydrogens (primary N) is 1. The van der Waals surface area contributed by atoms with E-state index in [2.05, 4.69) is 16.8 Å². The third-order valence-electron chi connectivity index (χ3n) is 5.06. The predicted molar refractivity (Wildman–Crippen MR) is 78.9 cm³/mol. The molecule has 21 heavy (non-hydrogen) atoms. The van der Waals surface area contributed by atoms with Crippen LogP contribution in [0.3, 0.4) is 0 Å². The van der Waals surface area contributed by atoms with Gasteiger partial charge in [-0.25, -0.2) is 8.78 Å². The molecule has 116 valence electrons. The summed E-state index contributed by atoms with van der Waals surface area (Å²) in [6.45, 7) is 2.75. The molecule has 2 bridgehead atoms. The van der Waals surface area contributed by atoms with Crippen LogP contribution in [0, 0.1) is 11.6 Å². The molecule has 1 aromatic rings. The van der Waals surface area contributed by atoms with Crippen LogP contribution in [0.2, 0.25) is 0 Å². The van der Waals surface area contributed by atoms with Crippen LogP contribution in [-0.2, 0) is 0 Å². The van der Waals surface area contributed by atoms with Gasteiger partial charge in [0.05, 0.1) is 0 Å². The van der Waals surface area contributed by atoms with Gasteiger partial charge in [0.1, 0.15) is 0 Å². The van der Waals surface area contributed by atoms with E-state index in [9.17, 15) is 8.78 Å². The lowest BCUT2D eigenvalue weighted by molar-refractivity contribution is 0.212. The van der Waals surface area contributed by atoms with Crippen LogP contribution in [0.25, 0.3) is 0 Å². The van der Waals surface area contributed by atoms with Gasteiger partial charge in [0.2, 0.25) is 0 Å². The van der Waals surface area contributed by atoms with Gasteiger partial charge in [0.25, 0.3) is 0 Å². The van der Waals surface area contributed by atoms with Gasteiger partial charge in [-0.2, -0.15) is 0 Å². The summed E-state index contributed by atoms with van der Waals surface area (Å²) in [6.07, 6.45) is 3.71. The molecule has 0 aromatic heterocycles. The van der Waals surface area contributed by atoms with Gasteiger partial charge >= 0.3 is 0 Å². The highest BCUT2D eigenvalue weighted by molar-refractivity contribution is 5.21. The van der Waals surface area contributed by atoms with Crippen molar-refractivity contribution in [3.05, 3.63) is 35.4 Å². The van der Waals surface area contributed by atoms with Crippen LogP contribution in [0.1, 0.15) is 30.9 Å². The average Bonchev–Trinajstić information content (AvgIpc) is 2.70. The van der Waals surface area contributed by atoms with Crippen molar-refractivity contribution in [3.8, 4) is 0 Å². The fraction of sp³-hybridized carbons (Fsp3) is 0.625. The number of hydrogen-bond donors (Lipinski definition) is 1. The van der Waals surface area contributed by atoms with E-state index < -0.39 is 11.6 Å². The third kappa shape index (κ3) is 3.10. The summed E-state index contributed by atoms with van der Waals surface area (Å²) in [5.74, 6) is -1.64. The first kappa shape index (κ1) is 14.9. The van der Waals surface area contributed by atoms with Gasteiger partial charge in [-0.3, -0.25) is 9.80 Å². The van der Waals surface area contributed by atoms with Crippen molar-refractivity contribution in [2.75, 3.05) is 26.7 Å². The second-order valence-corrected chi connectivity index (χ2v) is 6.38. The molecule has 2 aliphatic heterocycles. The molecule has 2 fully saturated rings. The van der Waals surface area contributed by atoms with Crippen molar-refractivity contribution >= 4 is 0 Å². The monoisotopic (exact) mass is 295 g/mol.